The van der Waals surface area contributed by atoms with E-state index < -0.39 is 0 Å². The van der Waals surface area contributed by atoms with Crippen molar-refractivity contribution in [2.45, 2.75) is 32.3 Å². The molecule has 0 aliphatic carbocycles. The molecule has 1 aromatic heterocycles. The Morgan fingerprint density at radius 1 is 1.29 bits per heavy atom. The summed E-state index contributed by atoms with van der Waals surface area (Å²) in [5.41, 5.74) is 8.49. The first kappa shape index (κ1) is 19.4. The fraction of sp³-hybridized carbons (Fsp3) is 0.524. The van der Waals surface area contributed by atoms with E-state index in [4.69, 9.17) is 5.73 Å². The minimum Gasteiger partial charge on any atom is -0.392 e. The second-order valence-corrected chi connectivity index (χ2v) is 9.33. The Bertz CT molecular complexity index is 813. The highest BCUT2D eigenvalue weighted by atomic mass is 32.1. The van der Waals surface area contributed by atoms with Gasteiger partial charge >= 0.3 is 0 Å². The molecule has 0 bridgehead atoms. The molecule has 150 valence electrons. The SMILES string of the molecule is C/C(=C\c1ccccc1)CN1CC(O)CC2(CCN(c3nnc(N)s3)CC2)C1. The lowest BCUT2D eigenvalue weighted by atomic mass is 9.71. The number of aliphatic hydroxyl groups excluding tert-OH is 1. The third kappa shape index (κ3) is 4.54. The Kier molecular flexibility index (Phi) is 5.66. The summed E-state index contributed by atoms with van der Waals surface area (Å²) < 4.78 is 0. The Labute approximate surface area is 170 Å². The number of piperidine rings is 2. The second kappa shape index (κ2) is 8.19. The Balaban J connectivity index is 1.39. The number of aromatic nitrogens is 2. The predicted molar refractivity (Wildman–Crippen MR) is 115 cm³/mol. The quantitative estimate of drug-likeness (QED) is 0.823. The molecule has 3 N–H and O–H groups in total. The van der Waals surface area contributed by atoms with Crippen LogP contribution in [-0.4, -0.2) is 59.0 Å². The number of likely N-dealkylation sites (tertiary alicyclic amines) is 1. The summed E-state index contributed by atoms with van der Waals surface area (Å²) in [6.45, 7) is 6.81. The topological polar surface area (TPSA) is 78.5 Å². The highest BCUT2D eigenvalue weighted by molar-refractivity contribution is 7.18. The van der Waals surface area contributed by atoms with Crippen LogP contribution in [0.25, 0.3) is 6.08 Å². The van der Waals surface area contributed by atoms with Gasteiger partial charge in [0.05, 0.1) is 6.10 Å². The third-order valence-corrected chi connectivity index (χ3v) is 6.72. The monoisotopic (exact) mass is 399 g/mol. The zero-order valence-corrected chi connectivity index (χ0v) is 17.2. The van der Waals surface area contributed by atoms with Gasteiger partial charge in [-0.05, 0) is 37.2 Å². The molecule has 6 nitrogen and oxygen atoms in total. The minimum atomic E-state index is -0.248. The molecule has 2 saturated heterocycles. The number of nitrogens with zero attached hydrogens (tertiary/aromatic N) is 4. The van der Waals surface area contributed by atoms with Crippen molar-refractivity contribution in [1.29, 1.82) is 0 Å². The molecule has 3 heterocycles. The first-order valence-electron chi connectivity index (χ1n) is 9.98. The molecule has 1 unspecified atom stereocenters. The highest BCUT2D eigenvalue weighted by Crippen LogP contribution is 2.41. The van der Waals surface area contributed by atoms with Gasteiger partial charge in [0.15, 0.2) is 0 Å². The first-order valence-corrected chi connectivity index (χ1v) is 10.8. The number of hydrogen-bond donors (Lipinski definition) is 2. The molecule has 2 fully saturated rings. The maximum atomic E-state index is 10.6. The van der Waals surface area contributed by atoms with Gasteiger partial charge in [0.2, 0.25) is 10.3 Å². The van der Waals surface area contributed by atoms with Crippen molar-refractivity contribution in [2.24, 2.45) is 5.41 Å². The minimum absolute atomic E-state index is 0.192. The largest absolute Gasteiger partial charge is 0.392 e. The van der Waals surface area contributed by atoms with Crippen molar-refractivity contribution in [1.82, 2.24) is 15.1 Å². The van der Waals surface area contributed by atoms with Crippen LogP contribution >= 0.6 is 11.3 Å². The van der Waals surface area contributed by atoms with Gasteiger partial charge in [0.25, 0.3) is 0 Å². The van der Waals surface area contributed by atoms with E-state index >= 15 is 0 Å². The number of anilines is 2. The Morgan fingerprint density at radius 3 is 2.71 bits per heavy atom. The molecular formula is C21H29N5OS. The van der Waals surface area contributed by atoms with Gasteiger partial charge in [-0.25, -0.2) is 0 Å². The molecule has 0 radical (unpaired) electrons. The number of nitrogen functional groups attached to an aromatic ring is 1. The highest BCUT2D eigenvalue weighted by Gasteiger charge is 2.41. The van der Waals surface area contributed by atoms with Crippen molar-refractivity contribution in [3.05, 3.63) is 41.5 Å². The molecule has 2 aromatic rings. The molecule has 4 rings (SSSR count). The smallest absolute Gasteiger partial charge is 0.209 e. The zero-order valence-electron chi connectivity index (χ0n) is 16.4. The van der Waals surface area contributed by atoms with Crippen molar-refractivity contribution in [3.63, 3.8) is 0 Å². The standard InChI is InChI=1S/C21H29N5OS/c1-16(11-17-5-3-2-4-6-17)13-25-14-18(27)12-21(15-25)7-9-26(10-8-21)20-24-23-19(22)28-20/h2-6,11,18,27H,7-10,12-15H2,1H3,(H2,22,23)/b16-11+. The van der Waals surface area contributed by atoms with Gasteiger partial charge in [-0.3, -0.25) is 4.90 Å². The first-order chi connectivity index (χ1) is 13.5. The van der Waals surface area contributed by atoms with E-state index in [0.717, 1.165) is 57.1 Å². The van der Waals surface area contributed by atoms with Crippen LogP contribution < -0.4 is 10.6 Å². The van der Waals surface area contributed by atoms with Gasteiger partial charge in [-0.15, -0.1) is 10.2 Å². The third-order valence-electron chi connectivity index (χ3n) is 5.91. The van der Waals surface area contributed by atoms with E-state index in [1.165, 1.54) is 22.5 Å². The second-order valence-electron chi connectivity index (χ2n) is 8.34. The van der Waals surface area contributed by atoms with E-state index in [0.29, 0.717) is 5.13 Å². The number of β-amino-alcohol motifs (C(OH)–C–C–N with tert-alkyl or cyclic N) is 1. The molecule has 28 heavy (non-hydrogen) atoms. The molecule has 1 atom stereocenters. The molecule has 2 aliphatic heterocycles. The predicted octanol–water partition coefficient (Wildman–Crippen LogP) is 2.88. The molecule has 0 saturated carbocycles. The van der Waals surface area contributed by atoms with Crippen LogP contribution in [0.5, 0.6) is 0 Å². The van der Waals surface area contributed by atoms with E-state index in [9.17, 15) is 5.11 Å². The fourth-order valence-electron chi connectivity index (χ4n) is 4.71. The number of aliphatic hydroxyl groups is 1. The summed E-state index contributed by atoms with van der Waals surface area (Å²) in [5, 5.41) is 20.1. The Morgan fingerprint density at radius 2 is 2.04 bits per heavy atom. The number of rotatable bonds is 4. The number of hydrogen-bond acceptors (Lipinski definition) is 7. The van der Waals surface area contributed by atoms with Gasteiger partial charge < -0.3 is 15.7 Å². The lowest BCUT2D eigenvalue weighted by Gasteiger charge is -2.49. The summed E-state index contributed by atoms with van der Waals surface area (Å²) in [6, 6.07) is 10.4. The van der Waals surface area contributed by atoms with Gasteiger partial charge in [-0.1, -0.05) is 53.3 Å². The zero-order chi connectivity index (χ0) is 19.6. The molecule has 7 heteroatoms. The summed E-state index contributed by atoms with van der Waals surface area (Å²) in [5.74, 6) is 0. The summed E-state index contributed by atoms with van der Waals surface area (Å²) in [6.07, 6.45) is 5.04. The van der Waals surface area contributed by atoms with Gasteiger partial charge in [0, 0.05) is 32.7 Å². The molecule has 0 amide bonds. The number of nitrogens with two attached hydrogens (primary N) is 1. The average molecular weight is 400 g/mol. The van der Waals surface area contributed by atoms with E-state index in [-0.39, 0.29) is 11.5 Å². The summed E-state index contributed by atoms with van der Waals surface area (Å²) >= 11 is 1.45. The fourth-order valence-corrected chi connectivity index (χ4v) is 5.37. The van der Waals surface area contributed by atoms with E-state index in [2.05, 4.69) is 57.3 Å². The van der Waals surface area contributed by atoms with Crippen LogP contribution in [0.15, 0.2) is 35.9 Å². The van der Waals surface area contributed by atoms with E-state index in [1.54, 1.807) is 0 Å². The average Bonchev–Trinajstić information content (AvgIpc) is 3.08. The Hall–Kier alpha value is -1.96. The van der Waals surface area contributed by atoms with Gasteiger partial charge in [-0.2, -0.15) is 0 Å². The van der Waals surface area contributed by atoms with Crippen molar-refractivity contribution in [2.75, 3.05) is 43.4 Å². The lowest BCUT2D eigenvalue weighted by Crippen LogP contribution is -2.54. The van der Waals surface area contributed by atoms with E-state index in [1.807, 2.05) is 6.07 Å². The van der Waals surface area contributed by atoms with Crippen LogP contribution in [-0.2, 0) is 0 Å². The number of benzene rings is 1. The maximum absolute atomic E-state index is 10.6. The van der Waals surface area contributed by atoms with Crippen molar-refractivity contribution < 1.29 is 5.11 Å². The normalized spacial score (nSPS) is 23.3. The van der Waals surface area contributed by atoms with Crippen LogP contribution in [0.3, 0.4) is 0 Å². The summed E-state index contributed by atoms with van der Waals surface area (Å²) in [4.78, 5) is 4.71. The van der Waals surface area contributed by atoms with Crippen LogP contribution in [0, 0.1) is 5.41 Å². The molecule has 1 spiro atoms. The molecular weight excluding hydrogens is 370 g/mol. The van der Waals surface area contributed by atoms with Crippen LogP contribution in [0.2, 0.25) is 0 Å². The van der Waals surface area contributed by atoms with Gasteiger partial charge in [0.1, 0.15) is 0 Å². The maximum Gasteiger partial charge on any atom is 0.209 e. The van der Waals surface area contributed by atoms with Crippen molar-refractivity contribution >= 4 is 27.7 Å². The van der Waals surface area contributed by atoms with Crippen LogP contribution in [0.1, 0.15) is 31.7 Å². The van der Waals surface area contributed by atoms with Crippen LogP contribution in [0.4, 0.5) is 10.3 Å². The lowest BCUT2D eigenvalue weighted by molar-refractivity contribution is -0.0180. The summed E-state index contributed by atoms with van der Waals surface area (Å²) in [7, 11) is 0. The molecule has 1 aromatic carbocycles. The van der Waals surface area contributed by atoms with Crippen molar-refractivity contribution in [3.8, 4) is 0 Å². The molecule has 2 aliphatic rings.